The summed E-state index contributed by atoms with van der Waals surface area (Å²) in [5, 5.41) is 13.5. The van der Waals surface area contributed by atoms with Gasteiger partial charge in [0, 0.05) is 19.7 Å². The zero-order chi connectivity index (χ0) is 11.5. The predicted octanol–water partition coefficient (Wildman–Crippen LogP) is 1.33. The number of rotatable bonds is 3. The van der Waals surface area contributed by atoms with E-state index in [1.807, 2.05) is 7.05 Å². The largest absolute Gasteiger partial charge is 0.508 e. The number of benzene rings is 1. The first kappa shape index (κ1) is 10.6. The van der Waals surface area contributed by atoms with Crippen LogP contribution in [0.2, 0.25) is 0 Å². The summed E-state index contributed by atoms with van der Waals surface area (Å²) in [5.41, 5.74) is 0.871. The molecular formula is C11H13N3O2. The molecule has 1 N–H and O–H groups in total. The van der Waals surface area contributed by atoms with Gasteiger partial charge in [0.15, 0.2) is 11.6 Å². The average molecular weight is 219 g/mol. The molecule has 2 rings (SSSR count). The van der Waals surface area contributed by atoms with Gasteiger partial charge in [-0.25, -0.2) is 4.98 Å². The minimum Gasteiger partial charge on any atom is -0.508 e. The van der Waals surface area contributed by atoms with Crippen LogP contribution in [0.1, 0.15) is 5.82 Å². The summed E-state index contributed by atoms with van der Waals surface area (Å²) in [4.78, 5) is 4.34. The summed E-state index contributed by atoms with van der Waals surface area (Å²) >= 11 is 0. The maximum atomic E-state index is 9.18. The van der Waals surface area contributed by atoms with Gasteiger partial charge in [0.05, 0.1) is 0 Å². The molecule has 1 aromatic heterocycles. The maximum absolute atomic E-state index is 9.18. The van der Waals surface area contributed by atoms with Crippen molar-refractivity contribution in [1.29, 1.82) is 0 Å². The van der Waals surface area contributed by atoms with Crippen molar-refractivity contribution in [1.82, 2.24) is 14.8 Å². The van der Waals surface area contributed by atoms with Gasteiger partial charge in [-0.05, 0) is 24.3 Å². The smallest absolute Gasteiger partial charge is 0.181 e. The number of phenolic OH excluding ortho intramolecular Hbond substituents is 1. The van der Waals surface area contributed by atoms with Gasteiger partial charge in [0.2, 0.25) is 0 Å². The van der Waals surface area contributed by atoms with E-state index in [1.54, 1.807) is 36.1 Å². The van der Waals surface area contributed by atoms with E-state index in [0.29, 0.717) is 12.4 Å². The Morgan fingerprint density at radius 1 is 1.31 bits per heavy atom. The van der Waals surface area contributed by atoms with Gasteiger partial charge in [-0.15, -0.1) is 0 Å². The lowest BCUT2D eigenvalue weighted by molar-refractivity contribution is 0.174. The molecule has 1 heterocycles. The molecule has 0 amide bonds. The molecule has 2 aromatic rings. The number of hydrogen-bond donors (Lipinski definition) is 1. The van der Waals surface area contributed by atoms with E-state index in [-0.39, 0.29) is 5.75 Å². The van der Waals surface area contributed by atoms with Crippen molar-refractivity contribution in [3.8, 4) is 17.1 Å². The van der Waals surface area contributed by atoms with Crippen LogP contribution in [0.25, 0.3) is 11.4 Å². The van der Waals surface area contributed by atoms with E-state index in [9.17, 15) is 5.11 Å². The SMILES string of the molecule is COCc1nc(-c2ccc(O)cc2)nn1C. The number of nitrogens with zero attached hydrogens (tertiary/aromatic N) is 3. The summed E-state index contributed by atoms with van der Waals surface area (Å²) in [6.07, 6.45) is 0. The third kappa shape index (κ3) is 2.04. The molecule has 0 fully saturated rings. The minimum atomic E-state index is 0.233. The average Bonchev–Trinajstić information content (AvgIpc) is 2.62. The fraction of sp³-hybridized carbons (Fsp3) is 0.273. The summed E-state index contributed by atoms with van der Waals surface area (Å²) in [5.74, 6) is 1.64. The molecule has 1 aromatic carbocycles. The molecule has 0 aliphatic rings. The second-order valence-corrected chi connectivity index (χ2v) is 3.46. The van der Waals surface area contributed by atoms with Crippen molar-refractivity contribution in [3.63, 3.8) is 0 Å². The summed E-state index contributed by atoms with van der Waals surface area (Å²) < 4.78 is 6.70. The van der Waals surface area contributed by atoms with Crippen molar-refractivity contribution in [2.75, 3.05) is 7.11 Å². The topological polar surface area (TPSA) is 60.2 Å². The Bertz CT molecular complexity index is 476. The van der Waals surface area contributed by atoms with Gasteiger partial charge < -0.3 is 9.84 Å². The van der Waals surface area contributed by atoms with Crippen LogP contribution in [0.5, 0.6) is 5.75 Å². The number of phenols is 1. The zero-order valence-electron chi connectivity index (χ0n) is 9.21. The second kappa shape index (κ2) is 4.32. The van der Waals surface area contributed by atoms with Crippen LogP contribution in [-0.2, 0) is 18.4 Å². The van der Waals surface area contributed by atoms with Crippen molar-refractivity contribution in [2.45, 2.75) is 6.61 Å². The Balaban J connectivity index is 2.33. The molecule has 5 nitrogen and oxygen atoms in total. The predicted molar refractivity (Wildman–Crippen MR) is 58.8 cm³/mol. The standard InChI is InChI=1S/C11H13N3O2/c1-14-10(7-16-2)12-11(13-14)8-3-5-9(15)6-4-8/h3-6,15H,7H2,1-2H3. The third-order valence-electron chi connectivity index (χ3n) is 2.25. The minimum absolute atomic E-state index is 0.233. The Morgan fingerprint density at radius 2 is 2.00 bits per heavy atom. The molecular weight excluding hydrogens is 206 g/mol. The van der Waals surface area contributed by atoms with Gasteiger partial charge in [-0.3, -0.25) is 4.68 Å². The van der Waals surface area contributed by atoms with Crippen LogP contribution < -0.4 is 0 Å². The van der Waals surface area contributed by atoms with Crippen molar-refractivity contribution in [2.24, 2.45) is 7.05 Å². The highest BCUT2D eigenvalue weighted by Crippen LogP contribution is 2.18. The van der Waals surface area contributed by atoms with Gasteiger partial charge in [-0.1, -0.05) is 0 Å². The highest BCUT2D eigenvalue weighted by atomic mass is 16.5. The Kier molecular flexibility index (Phi) is 2.87. The van der Waals surface area contributed by atoms with E-state index < -0.39 is 0 Å². The summed E-state index contributed by atoms with van der Waals surface area (Å²) in [7, 11) is 3.44. The quantitative estimate of drug-likeness (QED) is 0.846. The number of methoxy groups -OCH3 is 1. The van der Waals surface area contributed by atoms with Crippen molar-refractivity contribution < 1.29 is 9.84 Å². The third-order valence-corrected chi connectivity index (χ3v) is 2.25. The normalized spacial score (nSPS) is 10.6. The second-order valence-electron chi connectivity index (χ2n) is 3.46. The molecule has 0 atom stereocenters. The summed E-state index contributed by atoms with van der Waals surface area (Å²) in [6.45, 7) is 0.432. The van der Waals surface area contributed by atoms with Gasteiger partial charge in [0.1, 0.15) is 12.4 Å². The van der Waals surface area contributed by atoms with E-state index >= 15 is 0 Å². The summed E-state index contributed by atoms with van der Waals surface area (Å²) in [6, 6.07) is 6.78. The molecule has 0 saturated heterocycles. The monoisotopic (exact) mass is 219 g/mol. The van der Waals surface area contributed by atoms with Crippen LogP contribution in [0, 0.1) is 0 Å². The van der Waals surface area contributed by atoms with E-state index in [4.69, 9.17) is 4.74 Å². The number of hydrogen-bond acceptors (Lipinski definition) is 4. The lowest BCUT2D eigenvalue weighted by Gasteiger charge is -1.95. The molecule has 0 aliphatic carbocycles. The first-order chi connectivity index (χ1) is 7.70. The van der Waals surface area contributed by atoms with Crippen LogP contribution in [0.4, 0.5) is 0 Å². The molecule has 0 spiro atoms. The fourth-order valence-electron chi connectivity index (χ4n) is 1.40. The maximum Gasteiger partial charge on any atom is 0.181 e. The Hall–Kier alpha value is -1.88. The Morgan fingerprint density at radius 3 is 2.62 bits per heavy atom. The van der Waals surface area contributed by atoms with E-state index in [1.165, 1.54) is 0 Å². The van der Waals surface area contributed by atoms with Gasteiger partial charge >= 0.3 is 0 Å². The van der Waals surface area contributed by atoms with Crippen LogP contribution in [0.15, 0.2) is 24.3 Å². The van der Waals surface area contributed by atoms with Crippen molar-refractivity contribution >= 4 is 0 Å². The fourth-order valence-corrected chi connectivity index (χ4v) is 1.40. The number of aromatic hydroxyl groups is 1. The number of ether oxygens (including phenoxy) is 1. The molecule has 0 bridgehead atoms. The number of aryl methyl sites for hydroxylation is 1. The highest BCUT2D eigenvalue weighted by molar-refractivity contribution is 5.55. The lowest BCUT2D eigenvalue weighted by atomic mass is 10.2. The molecule has 0 saturated carbocycles. The van der Waals surface area contributed by atoms with Crippen LogP contribution in [-0.4, -0.2) is 27.0 Å². The van der Waals surface area contributed by atoms with E-state index in [2.05, 4.69) is 10.1 Å². The zero-order valence-corrected chi connectivity index (χ0v) is 9.21. The van der Waals surface area contributed by atoms with Crippen LogP contribution in [0.3, 0.4) is 0 Å². The number of aromatic nitrogens is 3. The molecule has 0 unspecified atom stereocenters. The lowest BCUT2D eigenvalue weighted by Crippen LogP contribution is -2.00. The van der Waals surface area contributed by atoms with Crippen molar-refractivity contribution in [3.05, 3.63) is 30.1 Å². The highest BCUT2D eigenvalue weighted by Gasteiger charge is 2.08. The van der Waals surface area contributed by atoms with Gasteiger partial charge in [0.25, 0.3) is 0 Å². The molecule has 0 aliphatic heterocycles. The molecule has 5 heteroatoms. The first-order valence-electron chi connectivity index (χ1n) is 4.89. The first-order valence-corrected chi connectivity index (χ1v) is 4.89. The molecule has 84 valence electrons. The Labute approximate surface area is 93.3 Å². The van der Waals surface area contributed by atoms with Crippen LogP contribution >= 0.6 is 0 Å². The van der Waals surface area contributed by atoms with E-state index in [0.717, 1.165) is 11.4 Å². The van der Waals surface area contributed by atoms with Gasteiger partial charge in [-0.2, -0.15) is 5.10 Å². The molecule has 0 radical (unpaired) electrons. The molecule has 16 heavy (non-hydrogen) atoms.